The van der Waals surface area contributed by atoms with Gasteiger partial charge in [0.15, 0.2) is 5.13 Å². The third-order valence-corrected chi connectivity index (χ3v) is 6.34. The minimum Gasteiger partial charge on any atom is -0.357 e. The van der Waals surface area contributed by atoms with E-state index < -0.39 is 0 Å². The lowest BCUT2D eigenvalue weighted by molar-refractivity contribution is 0.0728. The number of thiazole rings is 1. The summed E-state index contributed by atoms with van der Waals surface area (Å²) in [6, 6.07) is 11.9. The summed E-state index contributed by atoms with van der Waals surface area (Å²) in [7, 11) is 1.82. The molecular weight excluding hydrogens is 385 g/mol. The van der Waals surface area contributed by atoms with E-state index in [1.807, 2.05) is 19.2 Å². The predicted octanol–water partition coefficient (Wildman–Crippen LogP) is 5.19. The maximum absolute atomic E-state index is 13.4. The van der Waals surface area contributed by atoms with Crippen LogP contribution in [-0.2, 0) is 0 Å². The Hall–Kier alpha value is -2.18. The van der Waals surface area contributed by atoms with Crippen LogP contribution in [0.25, 0.3) is 10.2 Å². The third-order valence-electron chi connectivity index (χ3n) is 5.06. The van der Waals surface area contributed by atoms with Gasteiger partial charge >= 0.3 is 0 Å². The van der Waals surface area contributed by atoms with Crippen LogP contribution in [0.1, 0.15) is 29.6 Å². The summed E-state index contributed by atoms with van der Waals surface area (Å²) in [5, 5.41) is 4.68. The van der Waals surface area contributed by atoms with Crippen molar-refractivity contribution in [1.29, 1.82) is 0 Å². The molecule has 0 radical (unpaired) electrons. The number of rotatable bonds is 4. The Kier molecular flexibility index (Phi) is 5.02. The number of halogens is 2. The first kappa shape index (κ1) is 18.2. The number of amides is 1. The molecule has 1 aliphatic rings. The standard InChI is InChI=1S/C20H19ClFN3OS/c1-25(19(26)13-5-2-3-6-14(13)21)17-8-4-7-15(17)23-20-24-16-10-9-12(22)11-18(16)27-20/h2-3,5-6,9-11,15,17H,4,7-8H2,1H3,(H,23,24)/t15-,17+/m0/s1. The van der Waals surface area contributed by atoms with Crippen molar-refractivity contribution in [2.24, 2.45) is 0 Å². The molecule has 0 aliphatic heterocycles. The molecule has 1 N–H and O–H groups in total. The van der Waals surface area contributed by atoms with Crippen LogP contribution < -0.4 is 5.32 Å². The number of nitrogens with one attached hydrogen (secondary N) is 1. The second kappa shape index (κ2) is 7.44. The van der Waals surface area contributed by atoms with Crippen molar-refractivity contribution in [2.45, 2.75) is 31.3 Å². The Bertz CT molecular complexity index is 992. The monoisotopic (exact) mass is 403 g/mol. The van der Waals surface area contributed by atoms with Crippen LogP contribution >= 0.6 is 22.9 Å². The highest BCUT2D eigenvalue weighted by Gasteiger charge is 2.34. The fraction of sp³-hybridized carbons (Fsp3) is 0.300. The average molecular weight is 404 g/mol. The molecule has 2 aromatic carbocycles. The Balaban J connectivity index is 1.52. The van der Waals surface area contributed by atoms with Crippen LogP contribution in [0.3, 0.4) is 0 Å². The molecule has 1 aliphatic carbocycles. The zero-order valence-corrected chi connectivity index (χ0v) is 16.4. The number of carbonyl (C=O) groups is 1. The molecule has 0 unspecified atom stereocenters. The van der Waals surface area contributed by atoms with Crippen LogP contribution in [0, 0.1) is 5.82 Å². The Morgan fingerprint density at radius 2 is 2.11 bits per heavy atom. The van der Waals surface area contributed by atoms with Crippen LogP contribution in [0.15, 0.2) is 42.5 Å². The summed E-state index contributed by atoms with van der Waals surface area (Å²) in [5.41, 5.74) is 1.29. The number of benzene rings is 2. The summed E-state index contributed by atoms with van der Waals surface area (Å²) in [6.45, 7) is 0. The van der Waals surface area contributed by atoms with Gasteiger partial charge in [-0.05, 0) is 49.6 Å². The number of hydrogen-bond acceptors (Lipinski definition) is 4. The maximum Gasteiger partial charge on any atom is 0.255 e. The van der Waals surface area contributed by atoms with Crippen LogP contribution in [0.4, 0.5) is 9.52 Å². The van der Waals surface area contributed by atoms with E-state index in [-0.39, 0.29) is 23.8 Å². The average Bonchev–Trinajstić information content (AvgIpc) is 3.27. The largest absolute Gasteiger partial charge is 0.357 e. The second-order valence-corrected chi connectivity index (χ2v) is 8.21. The van der Waals surface area contributed by atoms with E-state index in [2.05, 4.69) is 10.3 Å². The van der Waals surface area contributed by atoms with Gasteiger partial charge in [-0.25, -0.2) is 9.37 Å². The Labute approximate surface area is 166 Å². The third kappa shape index (κ3) is 3.64. The highest BCUT2D eigenvalue weighted by atomic mass is 35.5. The predicted molar refractivity (Wildman–Crippen MR) is 108 cm³/mol. The minimum atomic E-state index is -0.262. The summed E-state index contributed by atoms with van der Waals surface area (Å²) < 4.78 is 14.2. The molecular formula is C20H19ClFN3OS. The number of likely N-dealkylation sites (N-methyl/N-ethyl adjacent to an activating group) is 1. The first-order valence-corrected chi connectivity index (χ1v) is 10.1. The number of carbonyl (C=O) groups excluding carboxylic acids is 1. The van der Waals surface area contributed by atoms with Gasteiger partial charge in [0.05, 0.1) is 26.8 Å². The number of fused-ring (bicyclic) bond motifs is 1. The molecule has 1 aromatic heterocycles. The van der Waals surface area contributed by atoms with Crippen molar-refractivity contribution >= 4 is 44.2 Å². The van der Waals surface area contributed by atoms with Gasteiger partial charge in [-0.1, -0.05) is 35.1 Å². The number of hydrogen-bond donors (Lipinski definition) is 1. The van der Waals surface area contributed by atoms with Gasteiger partial charge < -0.3 is 10.2 Å². The van der Waals surface area contributed by atoms with E-state index in [1.165, 1.54) is 23.5 Å². The van der Waals surface area contributed by atoms with Gasteiger partial charge in [-0.2, -0.15) is 0 Å². The molecule has 1 amide bonds. The van der Waals surface area contributed by atoms with E-state index in [0.29, 0.717) is 10.6 Å². The van der Waals surface area contributed by atoms with E-state index in [9.17, 15) is 9.18 Å². The van der Waals surface area contributed by atoms with Crippen molar-refractivity contribution in [1.82, 2.24) is 9.88 Å². The van der Waals surface area contributed by atoms with E-state index in [1.54, 1.807) is 23.1 Å². The molecule has 1 saturated carbocycles. The molecule has 0 spiro atoms. The van der Waals surface area contributed by atoms with Gasteiger partial charge in [-0.15, -0.1) is 0 Å². The SMILES string of the molecule is CN(C(=O)c1ccccc1Cl)[C@@H]1CCC[C@@H]1Nc1nc2ccc(F)cc2s1. The molecule has 140 valence electrons. The molecule has 7 heteroatoms. The zero-order chi connectivity index (χ0) is 19.0. The highest BCUT2D eigenvalue weighted by molar-refractivity contribution is 7.22. The topological polar surface area (TPSA) is 45.2 Å². The van der Waals surface area contributed by atoms with Crippen molar-refractivity contribution < 1.29 is 9.18 Å². The van der Waals surface area contributed by atoms with E-state index in [0.717, 1.165) is 34.6 Å². The van der Waals surface area contributed by atoms with Crippen LogP contribution in [0.5, 0.6) is 0 Å². The molecule has 0 saturated heterocycles. The van der Waals surface area contributed by atoms with Gasteiger partial charge in [-0.3, -0.25) is 4.79 Å². The second-order valence-electron chi connectivity index (χ2n) is 6.78. The highest BCUT2D eigenvalue weighted by Crippen LogP contribution is 2.32. The summed E-state index contributed by atoms with van der Waals surface area (Å²) in [5.74, 6) is -0.341. The van der Waals surface area contributed by atoms with Gasteiger partial charge in [0.2, 0.25) is 0 Å². The number of nitrogens with zero attached hydrogens (tertiary/aromatic N) is 2. The molecule has 1 heterocycles. The number of anilines is 1. The van der Waals surface area contributed by atoms with Crippen LogP contribution in [-0.4, -0.2) is 34.9 Å². The molecule has 2 atom stereocenters. The molecule has 0 bridgehead atoms. The molecule has 1 fully saturated rings. The fourth-order valence-corrected chi connectivity index (χ4v) is 4.84. The van der Waals surface area contributed by atoms with Gasteiger partial charge in [0, 0.05) is 13.1 Å². The first-order valence-electron chi connectivity index (χ1n) is 8.87. The lowest BCUT2D eigenvalue weighted by Crippen LogP contribution is -2.44. The normalized spacial score (nSPS) is 19.4. The molecule has 4 rings (SSSR count). The van der Waals surface area contributed by atoms with Crippen LogP contribution in [0.2, 0.25) is 5.02 Å². The van der Waals surface area contributed by atoms with Crippen molar-refractivity contribution in [3.63, 3.8) is 0 Å². The zero-order valence-electron chi connectivity index (χ0n) is 14.8. The first-order chi connectivity index (χ1) is 13.0. The minimum absolute atomic E-state index is 0.0533. The molecule has 3 aromatic rings. The summed E-state index contributed by atoms with van der Waals surface area (Å²) in [4.78, 5) is 19.2. The summed E-state index contributed by atoms with van der Waals surface area (Å²) >= 11 is 7.62. The van der Waals surface area contributed by atoms with E-state index in [4.69, 9.17) is 11.6 Å². The van der Waals surface area contributed by atoms with Gasteiger partial charge in [0.1, 0.15) is 5.82 Å². The lowest BCUT2D eigenvalue weighted by atomic mass is 10.1. The van der Waals surface area contributed by atoms with Crippen molar-refractivity contribution in [3.05, 3.63) is 58.9 Å². The molecule has 4 nitrogen and oxygen atoms in total. The van der Waals surface area contributed by atoms with Crippen molar-refractivity contribution in [2.75, 3.05) is 12.4 Å². The fourth-order valence-electron chi connectivity index (χ4n) is 3.67. The Morgan fingerprint density at radius 3 is 2.93 bits per heavy atom. The quantitative estimate of drug-likeness (QED) is 0.651. The Morgan fingerprint density at radius 1 is 1.30 bits per heavy atom. The maximum atomic E-state index is 13.4. The smallest absolute Gasteiger partial charge is 0.255 e. The molecule has 27 heavy (non-hydrogen) atoms. The summed E-state index contributed by atoms with van der Waals surface area (Å²) in [6.07, 6.45) is 2.90. The van der Waals surface area contributed by atoms with E-state index >= 15 is 0 Å². The van der Waals surface area contributed by atoms with Crippen molar-refractivity contribution in [3.8, 4) is 0 Å². The van der Waals surface area contributed by atoms with Gasteiger partial charge in [0.25, 0.3) is 5.91 Å². The lowest BCUT2D eigenvalue weighted by Gasteiger charge is -2.30. The number of aromatic nitrogens is 1.